The Balaban J connectivity index is 1.25. The minimum absolute atomic E-state index is 0.00439. The van der Waals surface area contributed by atoms with Gasteiger partial charge in [0.05, 0.1) is 27.2 Å². The summed E-state index contributed by atoms with van der Waals surface area (Å²) in [5, 5.41) is 3.29. The summed E-state index contributed by atoms with van der Waals surface area (Å²) in [6.07, 6.45) is -2.97. The summed E-state index contributed by atoms with van der Waals surface area (Å²) in [6, 6.07) is 14.2. The van der Waals surface area contributed by atoms with Gasteiger partial charge >= 0.3 is 12.3 Å². The summed E-state index contributed by atoms with van der Waals surface area (Å²) in [5.41, 5.74) is 0.539. The van der Waals surface area contributed by atoms with Crippen LogP contribution in [0.25, 0.3) is 0 Å². The Morgan fingerprint density at radius 2 is 1.82 bits per heavy atom. The fourth-order valence-corrected chi connectivity index (χ4v) is 6.33. The zero-order valence-corrected chi connectivity index (χ0v) is 25.4. The molecule has 3 aromatic rings. The van der Waals surface area contributed by atoms with Crippen molar-refractivity contribution in [3.05, 3.63) is 98.8 Å². The Hall–Kier alpha value is -3.34. The van der Waals surface area contributed by atoms with Gasteiger partial charge in [0.1, 0.15) is 11.4 Å². The van der Waals surface area contributed by atoms with Gasteiger partial charge in [0.15, 0.2) is 0 Å². The van der Waals surface area contributed by atoms with Gasteiger partial charge in [-0.3, -0.25) is 10.1 Å². The molecule has 1 saturated heterocycles. The number of amides is 2. The monoisotopic (exact) mass is 651 g/mol. The van der Waals surface area contributed by atoms with E-state index in [0.29, 0.717) is 77.7 Å². The molecular formula is C32H31Cl2F4N3O3. The molecule has 3 aromatic carbocycles. The molecule has 234 valence electrons. The Morgan fingerprint density at radius 3 is 2.52 bits per heavy atom. The summed E-state index contributed by atoms with van der Waals surface area (Å²) in [4.78, 5) is 29.6. The average Bonchev–Trinajstić information content (AvgIpc) is 2.98. The molecule has 0 saturated carbocycles. The van der Waals surface area contributed by atoms with Crippen molar-refractivity contribution in [1.82, 2.24) is 9.80 Å². The number of hydrogen-bond donors (Lipinski definition) is 1. The summed E-state index contributed by atoms with van der Waals surface area (Å²) in [7, 11) is 1.57. The van der Waals surface area contributed by atoms with Crippen LogP contribution in [0.4, 0.5) is 28.0 Å². The molecule has 2 aliphatic rings. The number of likely N-dealkylation sites (tertiary alicyclic amines) is 1. The van der Waals surface area contributed by atoms with Crippen LogP contribution < -0.4 is 5.32 Å². The number of nitrogens with one attached hydrogen (secondary N) is 1. The van der Waals surface area contributed by atoms with Gasteiger partial charge in [0, 0.05) is 45.1 Å². The molecular weight excluding hydrogens is 621 g/mol. The van der Waals surface area contributed by atoms with E-state index >= 15 is 0 Å². The Labute approximate surface area is 262 Å². The lowest BCUT2D eigenvalue weighted by Gasteiger charge is -2.44. The van der Waals surface area contributed by atoms with Crippen LogP contribution in [-0.4, -0.2) is 48.5 Å². The number of likely N-dealkylation sites (N-methyl/N-ethyl adjacent to an activating group) is 1. The van der Waals surface area contributed by atoms with E-state index in [1.165, 1.54) is 23.1 Å². The molecule has 0 aromatic heterocycles. The van der Waals surface area contributed by atoms with Gasteiger partial charge in [-0.2, -0.15) is 13.2 Å². The first-order valence-corrected chi connectivity index (χ1v) is 15.0. The van der Waals surface area contributed by atoms with Gasteiger partial charge in [-0.1, -0.05) is 41.4 Å². The molecule has 1 atom stereocenters. The highest BCUT2D eigenvalue weighted by atomic mass is 35.5. The molecule has 1 N–H and O–H groups in total. The minimum Gasteiger partial charge on any atom is -0.438 e. The molecule has 1 unspecified atom stereocenters. The smallest absolute Gasteiger partial charge is 0.416 e. The molecule has 12 heteroatoms. The highest BCUT2D eigenvalue weighted by Gasteiger charge is 2.44. The lowest BCUT2D eigenvalue weighted by atomic mass is 9.82. The van der Waals surface area contributed by atoms with E-state index in [-0.39, 0.29) is 12.5 Å². The first-order chi connectivity index (χ1) is 20.8. The second-order valence-corrected chi connectivity index (χ2v) is 12.1. The van der Waals surface area contributed by atoms with E-state index in [1.54, 1.807) is 37.4 Å². The lowest BCUT2D eigenvalue weighted by molar-refractivity contribution is -0.137. The summed E-state index contributed by atoms with van der Waals surface area (Å²) < 4.78 is 59.5. The van der Waals surface area contributed by atoms with E-state index in [1.807, 2.05) is 0 Å². The predicted octanol–water partition coefficient (Wildman–Crippen LogP) is 8.23. The third kappa shape index (κ3) is 7.14. The predicted molar refractivity (Wildman–Crippen MR) is 160 cm³/mol. The Morgan fingerprint density at radius 1 is 1.07 bits per heavy atom. The second kappa shape index (κ2) is 12.9. The van der Waals surface area contributed by atoms with Gasteiger partial charge in [-0.25, -0.2) is 9.18 Å². The van der Waals surface area contributed by atoms with Crippen LogP contribution in [0.15, 0.2) is 60.7 Å². The van der Waals surface area contributed by atoms with Crippen molar-refractivity contribution in [2.45, 2.75) is 49.9 Å². The van der Waals surface area contributed by atoms with E-state index in [4.69, 9.17) is 27.9 Å². The first kappa shape index (κ1) is 32.1. The number of nitrogens with zero attached hydrogens (tertiary/aromatic N) is 2. The molecule has 0 radical (unpaired) electrons. The zero-order valence-electron chi connectivity index (χ0n) is 23.9. The van der Waals surface area contributed by atoms with Gasteiger partial charge in [0.2, 0.25) is 5.91 Å². The number of piperidine rings is 1. The normalized spacial score (nSPS) is 17.0. The number of alkyl halides is 3. The van der Waals surface area contributed by atoms with E-state index in [9.17, 15) is 27.2 Å². The van der Waals surface area contributed by atoms with Crippen LogP contribution in [0, 0.1) is 5.82 Å². The molecule has 0 bridgehead atoms. The van der Waals surface area contributed by atoms with E-state index in [0.717, 1.165) is 12.1 Å². The summed E-state index contributed by atoms with van der Waals surface area (Å²) in [6.45, 7) is 1.86. The number of ether oxygens (including phenoxy) is 1. The molecule has 2 amide bonds. The average molecular weight is 653 g/mol. The standard InChI is InChI=1S/C32H31Cl2F4N3O3/c1-40(19-20-4-2-5-22(16-20)32(36,37)38)29(42)24(21-7-9-26(33)27(34)17-21)6-3-13-41-14-11-31(12-15-41)25-18-23(35)8-10-28(25)39-30(43)44-31/h2,4-5,7-10,16-18,24H,3,6,11-15,19H2,1H3,(H,39,43). The molecule has 2 aliphatic heterocycles. The van der Waals surface area contributed by atoms with Crippen LogP contribution in [0.2, 0.25) is 10.0 Å². The maximum atomic E-state index is 14.1. The largest absolute Gasteiger partial charge is 0.438 e. The fraction of sp³-hybridized carbons (Fsp3) is 0.375. The summed E-state index contributed by atoms with van der Waals surface area (Å²) >= 11 is 12.4. The number of benzene rings is 3. The third-order valence-corrected chi connectivity index (χ3v) is 9.06. The topological polar surface area (TPSA) is 61.9 Å². The molecule has 1 fully saturated rings. The molecule has 0 aliphatic carbocycles. The number of hydrogen-bond acceptors (Lipinski definition) is 4. The summed E-state index contributed by atoms with van der Waals surface area (Å²) in [5.74, 6) is -1.25. The minimum atomic E-state index is -4.48. The number of carbonyl (C=O) groups excluding carboxylic acids is 2. The van der Waals surface area contributed by atoms with Crippen LogP contribution in [0.3, 0.4) is 0 Å². The van der Waals surface area contributed by atoms with E-state index < -0.39 is 35.2 Å². The van der Waals surface area contributed by atoms with Crippen molar-refractivity contribution >= 4 is 40.9 Å². The highest BCUT2D eigenvalue weighted by molar-refractivity contribution is 6.42. The van der Waals surface area contributed by atoms with Crippen molar-refractivity contribution in [2.75, 3.05) is 32.0 Å². The molecule has 2 heterocycles. The van der Waals surface area contributed by atoms with Gasteiger partial charge in [0.25, 0.3) is 0 Å². The van der Waals surface area contributed by atoms with Crippen molar-refractivity contribution < 1.29 is 31.9 Å². The van der Waals surface area contributed by atoms with Gasteiger partial charge < -0.3 is 14.5 Å². The van der Waals surface area contributed by atoms with Gasteiger partial charge in [-0.15, -0.1) is 0 Å². The number of rotatable bonds is 8. The van der Waals surface area contributed by atoms with Gasteiger partial charge in [-0.05, 0) is 73.0 Å². The Kier molecular flexibility index (Phi) is 9.44. The number of carbonyl (C=O) groups is 2. The highest BCUT2D eigenvalue weighted by Crippen LogP contribution is 2.44. The van der Waals surface area contributed by atoms with Crippen LogP contribution in [-0.2, 0) is 27.9 Å². The third-order valence-electron chi connectivity index (χ3n) is 8.32. The van der Waals surface area contributed by atoms with Crippen LogP contribution in [0.5, 0.6) is 0 Å². The molecule has 1 spiro atoms. The van der Waals surface area contributed by atoms with E-state index in [2.05, 4.69) is 10.2 Å². The van der Waals surface area contributed by atoms with Crippen molar-refractivity contribution in [1.29, 1.82) is 0 Å². The molecule has 5 rings (SSSR count). The second-order valence-electron chi connectivity index (χ2n) is 11.3. The number of halogens is 6. The maximum Gasteiger partial charge on any atom is 0.416 e. The lowest BCUT2D eigenvalue weighted by Crippen LogP contribution is -2.48. The fourth-order valence-electron chi connectivity index (χ4n) is 6.02. The maximum absolute atomic E-state index is 14.1. The zero-order chi connectivity index (χ0) is 31.6. The number of fused-ring (bicyclic) bond motifs is 2. The van der Waals surface area contributed by atoms with Crippen molar-refractivity contribution in [3.63, 3.8) is 0 Å². The first-order valence-electron chi connectivity index (χ1n) is 14.2. The van der Waals surface area contributed by atoms with Crippen LogP contribution in [0.1, 0.15) is 53.9 Å². The quantitative estimate of drug-likeness (QED) is 0.249. The SMILES string of the molecule is CN(Cc1cccc(C(F)(F)F)c1)C(=O)C(CCCN1CCC2(CC1)OC(=O)Nc1ccc(F)cc12)c1ccc(Cl)c(Cl)c1. The number of anilines is 1. The molecule has 6 nitrogen and oxygen atoms in total. The van der Waals surface area contributed by atoms with Crippen LogP contribution >= 0.6 is 23.2 Å². The van der Waals surface area contributed by atoms with Crippen molar-refractivity contribution in [3.8, 4) is 0 Å². The Bertz CT molecular complexity index is 1540. The molecule has 44 heavy (non-hydrogen) atoms. The van der Waals surface area contributed by atoms with Crippen molar-refractivity contribution in [2.24, 2.45) is 0 Å².